The van der Waals surface area contributed by atoms with Crippen molar-refractivity contribution >= 4 is 23.5 Å². The van der Waals surface area contributed by atoms with E-state index in [1.165, 1.54) is 12.1 Å². The van der Waals surface area contributed by atoms with Crippen LogP contribution in [0.1, 0.15) is 10.4 Å². The van der Waals surface area contributed by atoms with Crippen LogP contribution in [0.15, 0.2) is 54.6 Å². The van der Waals surface area contributed by atoms with E-state index in [-0.39, 0.29) is 24.6 Å². The van der Waals surface area contributed by atoms with Gasteiger partial charge in [0.25, 0.3) is 11.8 Å². The van der Waals surface area contributed by atoms with Crippen LogP contribution >= 0.6 is 0 Å². The normalized spacial score (nSPS) is 13.7. The van der Waals surface area contributed by atoms with Gasteiger partial charge in [-0.1, -0.05) is 18.2 Å². The monoisotopic (exact) mass is 399 g/mol. The number of nitrogens with zero attached hydrogens (tertiary/aromatic N) is 2. The van der Waals surface area contributed by atoms with E-state index in [2.05, 4.69) is 10.2 Å². The minimum Gasteiger partial charge on any atom is -0.454 e. The van der Waals surface area contributed by atoms with Crippen molar-refractivity contribution in [2.24, 2.45) is 0 Å². The van der Waals surface area contributed by atoms with Gasteiger partial charge >= 0.3 is 5.97 Å². The third kappa shape index (κ3) is 5.78. The number of anilines is 1. The van der Waals surface area contributed by atoms with E-state index in [9.17, 15) is 18.8 Å². The molecule has 0 aliphatic carbocycles. The van der Waals surface area contributed by atoms with Crippen molar-refractivity contribution in [3.63, 3.8) is 0 Å². The molecule has 1 aliphatic rings. The van der Waals surface area contributed by atoms with E-state index in [1.54, 1.807) is 4.90 Å². The summed E-state index contributed by atoms with van der Waals surface area (Å²) >= 11 is 0. The summed E-state index contributed by atoms with van der Waals surface area (Å²) in [4.78, 5) is 39.8. The number of hydrogen-bond acceptors (Lipinski definition) is 5. The van der Waals surface area contributed by atoms with E-state index in [1.807, 2.05) is 30.3 Å². The summed E-state index contributed by atoms with van der Waals surface area (Å²) in [6, 6.07) is 14.9. The predicted octanol–water partition coefficient (Wildman–Crippen LogP) is 1.45. The molecule has 2 aromatic rings. The van der Waals surface area contributed by atoms with Gasteiger partial charge in [-0.15, -0.1) is 0 Å². The first-order valence-electron chi connectivity index (χ1n) is 9.30. The zero-order valence-corrected chi connectivity index (χ0v) is 15.8. The number of carbonyl (C=O) groups is 3. The lowest BCUT2D eigenvalue weighted by Gasteiger charge is -2.36. The molecule has 1 saturated heterocycles. The molecule has 0 saturated carbocycles. The Balaban J connectivity index is 1.36. The fourth-order valence-electron chi connectivity index (χ4n) is 2.99. The lowest BCUT2D eigenvalue weighted by molar-refractivity contribution is -0.151. The van der Waals surface area contributed by atoms with E-state index < -0.39 is 17.7 Å². The van der Waals surface area contributed by atoms with Crippen molar-refractivity contribution in [2.45, 2.75) is 0 Å². The van der Waals surface area contributed by atoms with Crippen LogP contribution < -0.4 is 10.2 Å². The number of ether oxygens (including phenoxy) is 1. The number of carbonyl (C=O) groups excluding carboxylic acids is 3. The molecule has 152 valence electrons. The standard InChI is InChI=1S/C21H22FN3O4/c22-17-8-6-16(7-9-17)21(28)23-14-20(27)29-15-19(26)25-12-10-24(11-13-25)18-4-2-1-3-5-18/h1-9H,10-15H2,(H,23,28). The average Bonchev–Trinajstić information content (AvgIpc) is 2.77. The minimum atomic E-state index is -0.711. The first-order chi connectivity index (χ1) is 14.0. The van der Waals surface area contributed by atoms with Crippen molar-refractivity contribution in [1.82, 2.24) is 10.2 Å². The third-order valence-electron chi connectivity index (χ3n) is 4.61. The third-order valence-corrected chi connectivity index (χ3v) is 4.61. The van der Waals surface area contributed by atoms with Gasteiger partial charge in [0, 0.05) is 37.4 Å². The van der Waals surface area contributed by atoms with Crippen LogP contribution in [0.3, 0.4) is 0 Å². The van der Waals surface area contributed by atoms with Crippen molar-refractivity contribution in [3.8, 4) is 0 Å². The number of esters is 1. The van der Waals surface area contributed by atoms with Gasteiger partial charge in [0.15, 0.2) is 6.61 Å². The molecule has 0 atom stereocenters. The first-order valence-corrected chi connectivity index (χ1v) is 9.30. The van der Waals surface area contributed by atoms with Gasteiger partial charge in [-0.05, 0) is 36.4 Å². The number of amides is 2. The number of nitrogens with one attached hydrogen (secondary N) is 1. The van der Waals surface area contributed by atoms with Crippen LogP contribution in [0.2, 0.25) is 0 Å². The zero-order valence-electron chi connectivity index (χ0n) is 15.8. The van der Waals surface area contributed by atoms with Crippen molar-refractivity contribution in [2.75, 3.05) is 44.2 Å². The molecule has 0 unspecified atom stereocenters. The Bertz CT molecular complexity index is 850. The zero-order chi connectivity index (χ0) is 20.6. The Morgan fingerprint density at radius 1 is 0.931 bits per heavy atom. The molecule has 29 heavy (non-hydrogen) atoms. The highest BCUT2D eigenvalue weighted by Gasteiger charge is 2.22. The molecule has 3 rings (SSSR count). The van der Waals surface area contributed by atoms with Gasteiger partial charge in [-0.3, -0.25) is 14.4 Å². The number of piperazine rings is 1. The predicted molar refractivity (Wildman–Crippen MR) is 105 cm³/mol. The molecule has 7 nitrogen and oxygen atoms in total. The van der Waals surface area contributed by atoms with Crippen LogP contribution in [-0.2, 0) is 14.3 Å². The summed E-state index contributed by atoms with van der Waals surface area (Å²) in [5, 5.41) is 2.38. The summed E-state index contributed by atoms with van der Waals surface area (Å²) in [6.45, 7) is 1.77. The van der Waals surface area contributed by atoms with E-state index in [0.717, 1.165) is 17.8 Å². The topological polar surface area (TPSA) is 78.9 Å². The molecule has 1 fully saturated rings. The van der Waals surface area contributed by atoms with Crippen LogP contribution in [0.25, 0.3) is 0 Å². The van der Waals surface area contributed by atoms with Crippen LogP contribution in [0.5, 0.6) is 0 Å². The van der Waals surface area contributed by atoms with Gasteiger partial charge in [0.1, 0.15) is 12.4 Å². The first kappa shape index (κ1) is 20.3. The minimum absolute atomic E-state index is 0.228. The fraction of sp³-hybridized carbons (Fsp3) is 0.286. The summed E-state index contributed by atoms with van der Waals surface area (Å²) in [5.41, 5.74) is 1.34. The number of para-hydroxylation sites is 1. The molecule has 2 aromatic carbocycles. The number of benzene rings is 2. The number of rotatable bonds is 6. The molecular weight excluding hydrogens is 377 g/mol. The summed E-state index contributed by atoms with van der Waals surface area (Å²) in [5.74, 6) is -1.96. The molecule has 1 heterocycles. The quantitative estimate of drug-likeness (QED) is 0.744. The second-order valence-corrected chi connectivity index (χ2v) is 6.55. The summed E-state index contributed by atoms with van der Waals surface area (Å²) < 4.78 is 17.8. The van der Waals surface area contributed by atoms with E-state index in [0.29, 0.717) is 26.2 Å². The Labute approximate surface area is 168 Å². The number of halogens is 1. The Morgan fingerprint density at radius 2 is 1.59 bits per heavy atom. The van der Waals surface area contributed by atoms with Gasteiger partial charge in [0.2, 0.25) is 0 Å². The van der Waals surface area contributed by atoms with Gasteiger partial charge in [0.05, 0.1) is 0 Å². The highest BCUT2D eigenvalue weighted by molar-refractivity contribution is 5.96. The molecule has 1 N–H and O–H groups in total. The molecule has 0 radical (unpaired) electrons. The van der Waals surface area contributed by atoms with E-state index in [4.69, 9.17) is 4.74 Å². The maximum Gasteiger partial charge on any atom is 0.325 e. The lowest BCUT2D eigenvalue weighted by atomic mass is 10.2. The maximum atomic E-state index is 12.9. The molecule has 0 bridgehead atoms. The van der Waals surface area contributed by atoms with E-state index >= 15 is 0 Å². The Kier molecular flexibility index (Phi) is 6.78. The average molecular weight is 399 g/mol. The number of hydrogen-bond donors (Lipinski definition) is 1. The van der Waals surface area contributed by atoms with Gasteiger partial charge < -0.3 is 19.9 Å². The van der Waals surface area contributed by atoms with Gasteiger partial charge in [-0.25, -0.2) is 4.39 Å². The molecule has 8 heteroatoms. The summed E-state index contributed by atoms with van der Waals surface area (Å²) in [7, 11) is 0. The van der Waals surface area contributed by atoms with Crippen molar-refractivity contribution in [1.29, 1.82) is 0 Å². The Morgan fingerprint density at radius 3 is 2.24 bits per heavy atom. The molecule has 0 spiro atoms. The SMILES string of the molecule is O=C(CNC(=O)c1ccc(F)cc1)OCC(=O)N1CCN(c2ccccc2)CC1. The Hall–Kier alpha value is -3.42. The fourth-order valence-corrected chi connectivity index (χ4v) is 2.99. The molecule has 2 amide bonds. The maximum absolute atomic E-state index is 12.9. The van der Waals surface area contributed by atoms with Crippen LogP contribution in [0.4, 0.5) is 10.1 Å². The summed E-state index contributed by atoms with van der Waals surface area (Å²) in [6.07, 6.45) is 0. The highest BCUT2D eigenvalue weighted by Crippen LogP contribution is 2.15. The van der Waals surface area contributed by atoms with Crippen LogP contribution in [-0.4, -0.2) is 62.0 Å². The lowest BCUT2D eigenvalue weighted by Crippen LogP contribution is -2.50. The van der Waals surface area contributed by atoms with Gasteiger partial charge in [-0.2, -0.15) is 0 Å². The highest BCUT2D eigenvalue weighted by atomic mass is 19.1. The second kappa shape index (κ2) is 9.68. The molecule has 0 aromatic heterocycles. The largest absolute Gasteiger partial charge is 0.454 e. The molecule has 1 aliphatic heterocycles. The van der Waals surface area contributed by atoms with Crippen LogP contribution in [0, 0.1) is 5.82 Å². The van der Waals surface area contributed by atoms with Crippen molar-refractivity contribution in [3.05, 3.63) is 66.0 Å². The smallest absolute Gasteiger partial charge is 0.325 e. The second-order valence-electron chi connectivity index (χ2n) is 6.55. The van der Waals surface area contributed by atoms with Crippen molar-refractivity contribution < 1.29 is 23.5 Å². The molecular formula is C21H22FN3O4.